The number of carbonyl (C=O) groups excluding carboxylic acids is 1. The third-order valence-electron chi connectivity index (χ3n) is 8.08. The van der Waals surface area contributed by atoms with Crippen molar-refractivity contribution in [2.75, 3.05) is 26.4 Å². The minimum atomic E-state index is -0.869. The Labute approximate surface area is 236 Å². The van der Waals surface area contributed by atoms with E-state index in [1.54, 1.807) is 0 Å². The van der Waals surface area contributed by atoms with E-state index in [0.717, 1.165) is 36.8 Å². The Morgan fingerprint density at radius 2 is 1.73 bits per heavy atom. The summed E-state index contributed by atoms with van der Waals surface area (Å²) in [7, 11) is 0. The second-order valence-corrected chi connectivity index (χ2v) is 10.8. The highest BCUT2D eigenvalue weighted by atomic mass is 16.7. The highest BCUT2D eigenvalue weighted by Crippen LogP contribution is 2.47. The van der Waals surface area contributed by atoms with Crippen molar-refractivity contribution in [1.82, 2.24) is 10.2 Å². The fourth-order valence-electron chi connectivity index (χ4n) is 6.01. The van der Waals surface area contributed by atoms with Crippen LogP contribution in [-0.2, 0) is 22.4 Å². The van der Waals surface area contributed by atoms with E-state index < -0.39 is 17.9 Å². The van der Waals surface area contributed by atoms with Gasteiger partial charge in [-0.1, -0.05) is 67.1 Å². The fourth-order valence-corrected chi connectivity index (χ4v) is 6.01. The van der Waals surface area contributed by atoms with Gasteiger partial charge in [-0.15, -0.1) is 0 Å². The number of fused-ring (bicyclic) bond motifs is 1. The first-order valence-electron chi connectivity index (χ1n) is 14.2. The van der Waals surface area contributed by atoms with Gasteiger partial charge < -0.3 is 19.9 Å². The number of rotatable bonds is 11. The highest BCUT2D eigenvalue weighted by Gasteiger charge is 2.48. The molecule has 0 radical (unpaired) electrons. The van der Waals surface area contributed by atoms with E-state index in [-0.39, 0.29) is 25.2 Å². The number of nitrogens with one attached hydrogen (secondary N) is 1. The lowest BCUT2D eigenvalue weighted by Crippen LogP contribution is -2.38. The Kier molecular flexibility index (Phi) is 8.70. The lowest BCUT2D eigenvalue weighted by atomic mass is 9.82. The van der Waals surface area contributed by atoms with Crippen molar-refractivity contribution in [1.29, 1.82) is 0 Å². The van der Waals surface area contributed by atoms with Crippen LogP contribution in [0.15, 0.2) is 66.7 Å². The summed E-state index contributed by atoms with van der Waals surface area (Å²) < 4.78 is 11.0. The normalized spacial score (nSPS) is 20.0. The zero-order chi connectivity index (χ0) is 28.1. The van der Waals surface area contributed by atoms with Crippen LogP contribution in [0.2, 0.25) is 0 Å². The van der Waals surface area contributed by atoms with Crippen molar-refractivity contribution in [2.24, 2.45) is 5.92 Å². The van der Waals surface area contributed by atoms with Crippen molar-refractivity contribution in [3.05, 3.63) is 94.5 Å². The van der Waals surface area contributed by atoms with E-state index in [1.165, 1.54) is 16.7 Å². The first-order chi connectivity index (χ1) is 19.4. The molecule has 0 saturated carbocycles. The Morgan fingerprint density at radius 1 is 0.950 bits per heavy atom. The molecule has 7 nitrogen and oxygen atoms in total. The molecule has 2 heterocycles. The van der Waals surface area contributed by atoms with Gasteiger partial charge in [-0.25, -0.2) is 0 Å². The third-order valence-corrected chi connectivity index (χ3v) is 8.08. The van der Waals surface area contributed by atoms with Crippen molar-refractivity contribution >= 4 is 11.9 Å². The molecule has 0 unspecified atom stereocenters. The number of nitrogens with zero attached hydrogens (tertiary/aromatic N) is 1. The van der Waals surface area contributed by atoms with Gasteiger partial charge >= 0.3 is 5.97 Å². The van der Waals surface area contributed by atoms with Crippen LogP contribution in [-0.4, -0.2) is 48.3 Å². The van der Waals surface area contributed by atoms with Gasteiger partial charge in [0.05, 0.1) is 12.5 Å². The molecule has 3 atom stereocenters. The van der Waals surface area contributed by atoms with Crippen LogP contribution in [0.4, 0.5) is 0 Å². The molecule has 2 aliphatic rings. The first-order valence-corrected chi connectivity index (χ1v) is 14.2. The topological polar surface area (TPSA) is 88.1 Å². The number of amides is 1. The first kappa shape index (κ1) is 27.7. The number of carbonyl (C=O) groups is 2. The number of aliphatic carboxylic acids is 1. The van der Waals surface area contributed by atoms with Gasteiger partial charge in [0.2, 0.25) is 12.7 Å². The second-order valence-electron chi connectivity index (χ2n) is 10.8. The average Bonchev–Trinajstić information content (AvgIpc) is 3.57. The number of carboxylic acid groups (broad SMARTS) is 1. The molecule has 2 N–H and O–H groups in total. The van der Waals surface area contributed by atoms with E-state index in [0.29, 0.717) is 24.6 Å². The number of aryl methyl sites for hydroxylation is 3. The number of benzene rings is 3. The van der Waals surface area contributed by atoms with Gasteiger partial charge in [0.15, 0.2) is 11.5 Å². The predicted molar refractivity (Wildman–Crippen MR) is 154 cm³/mol. The molecule has 0 aromatic heterocycles. The quantitative estimate of drug-likeness (QED) is 0.321. The largest absolute Gasteiger partial charge is 0.481 e. The van der Waals surface area contributed by atoms with Crippen LogP contribution < -0.4 is 14.8 Å². The van der Waals surface area contributed by atoms with Crippen LogP contribution in [0, 0.1) is 12.8 Å². The van der Waals surface area contributed by atoms with Crippen molar-refractivity contribution < 1.29 is 24.2 Å². The monoisotopic (exact) mass is 542 g/mol. The molecule has 1 amide bonds. The summed E-state index contributed by atoms with van der Waals surface area (Å²) in [6.45, 7) is 5.55. The molecular weight excluding hydrogens is 504 g/mol. The van der Waals surface area contributed by atoms with Crippen LogP contribution in [0.3, 0.4) is 0 Å². The number of likely N-dealkylation sites (tertiary alicyclic amines) is 1. The van der Waals surface area contributed by atoms with Gasteiger partial charge in [-0.2, -0.15) is 0 Å². The summed E-state index contributed by atoms with van der Waals surface area (Å²) in [5, 5.41) is 13.5. The van der Waals surface area contributed by atoms with E-state index in [9.17, 15) is 14.7 Å². The van der Waals surface area contributed by atoms with Crippen molar-refractivity contribution in [3.63, 3.8) is 0 Å². The smallest absolute Gasteiger partial charge is 0.309 e. The zero-order valence-corrected chi connectivity index (χ0v) is 23.3. The third kappa shape index (κ3) is 6.31. The second kappa shape index (κ2) is 12.6. The molecule has 0 aliphatic carbocycles. The molecular formula is C33H38N2O5. The van der Waals surface area contributed by atoms with Crippen LogP contribution in [0.25, 0.3) is 0 Å². The Morgan fingerprint density at radius 3 is 2.48 bits per heavy atom. The summed E-state index contributed by atoms with van der Waals surface area (Å²) >= 11 is 0. The van der Waals surface area contributed by atoms with E-state index in [2.05, 4.69) is 55.6 Å². The lowest BCUT2D eigenvalue weighted by molar-refractivity contribution is -0.143. The maximum absolute atomic E-state index is 13.1. The number of hydrogen-bond donors (Lipinski definition) is 2. The molecule has 1 fully saturated rings. The van der Waals surface area contributed by atoms with Crippen LogP contribution in [0.5, 0.6) is 11.5 Å². The average molecular weight is 543 g/mol. The number of unbranched alkanes of at least 4 members (excludes halogenated alkanes) is 1. The van der Waals surface area contributed by atoms with Crippen LogP contribution >= 0.6 is 0 Å². The van der Waals surface area contributed by atoms with Gasteiger partial charge in [0.1, 0.15) is 0 Å². The molecule has 210 valence electrons. The summed E-state index contributed by atoms with van der Waals surface area (Å²) in [4.78, 5) is 27.9. The molecule has 5 rings (SSSR count). The molecule has 3 aromatic rings. The highest BCUT2D eigenvalue weighted by molar-refractivity contribution is 5.79. The molecule has 7 heteroatoms. The van der Waals surface area contributed by atoms with Gasteiger partial charge in [0, 0.05) is 25.0 Å². The summed E-state index contributed by atoms with van der Waals surface area (Å²) in [6.07, 6.45) is 3.77. The van der Waals surface area contributed by atoms with Crippen molar-refractivity contribution in [3.8, 4) is 11.5 Å². The molecule has 3 aromatic carbocycles. The summed E-state index contributed by atoms with van der Waals surface area (Å²) in [5.41, 5.74) is 5.56. The predicted octanol–water partition coefficient (Wildman–Crippen LogP) is 5.27. The molecule has 1 saturated heterocycles. The Balaban J connectivity index is 1.29. The molecule has 0 spiro atoms. The van der Waals surface area contributed by atoms with Gasteiger partial charge in [0.25, 0.3) is 0 Å². The lowest BCUT2D eigenvalue weighted by Gasteiger charge is -2.27. The fraction of sp³-hybridized carbons (Fsp3) is 0.394. The minimum Gasteiger partial charge on any atom is -0.481 e. The number of carboxylic acids is 1. The number of hydrogen-bond acceptors (Lipinski definition) is 5. The van der Waals surface area contributed by atoms with Gasteiger partial charge in [-0.3, -0.25) is 14.5 Å². The minimum absolute atomic E-state index is 0.0822. The van der Waals surface area contributed by atoms with E-state index in [1.807, 2.05) is 35.2 Å². The maximum Gasteiger partial charge on any atom is 0.309 e. The van der Waals surface area contributed by atoms with Crippen LogP contribution in [0.1, 0.15) is 59.5 Å². The molecule has 2 aliphatic heterocycles. The molecule has 40 heavy (non-hydrogen) atoms. The maximum atomic E-state index is 13.1. The summed E-state index contributed by atoms with van der Waals surface area (Å²) in [6, 6.07) is 21.9. The summed E-state index contributed by atoms with van der Waals surface area (Å²) in [5.74, 6) is -0.668. The van der Waals surface area contributed by atoms with E-state index >= 15 is 0 Å². The number of ether oxygens (including phenoxy) is 2. The Hall–Kier alpha value is -3.84. The van der Waals surface area contributed by atoms with Gasteiger partial charge in [-0.05, 0) is 67.0 Å². The Bertz CT molecular complexity index is 1340. The zero-order valence-electron chi connectivity index (χ0n) is 23.3. The van der Waals surface area contributed by atoms with E-state index in [4.69, 9.17) is 9.47 Å². The molecule has 0 bridgehead atoms. The standard InChI is InChI=1S/C33H38N2O5/c1-3-23-10-12-25(13-11-23)32-31(33(37)38)27(26-14-15-28-29(18-26)40-21-39-28)19-35(32)20-30(36)34-16-5-4-8-24-9-6-7-22(2)17-24/h6-7,9-15,17-18,27,31-32H,3-5,8,16,19-21H2,1-2H3,(H,34,36)(H,37,38)/t27-,31+,32-/m1/s1. The SMILES string of the molecule is CCc1ccc([C@@H]2[C@@H](C(=O)O)[C@@H](c3ccc4c(c3)OCO4)CN2CC(=O)NCCCCc2cccc(C)c2)cc1. The van der Waals surface area contributed by atoms with Crippen molar-refractivity contribution in [2.45, 2.75) is 51.5 Å².